The lowest BCUT2D eigenvalue weighted by molar-refractivity contribution is 0.805. The van der Waals surface area contributed by atoms with Gasteiger partial charge in [0.25, 0.3) is 0 Å². The summed E-state index contributed by atoms with van der Waals surface area (Å²) >= 11 is 9.33. The number of hydrogen-bond donors (Lipinski definition) is 1. The van der Waals surface area contributed by atoms with E-state index in [9.17, 15) is 0 Å². The first-order chi connectivity index (χ1) is 6.34. The lowest BCUT2D eigenvalue weighted by Crippen LogP contribution is -2.13. The number of anilines is 1. The third-order valence-corrected chi connectivity index (χ3v) is 4.50. The summed E-state index contributed by atoms with van der Waals surface area (Å²) in [5, 5.41) is 7.46. The predicted octanol–water partition coefficient (Wildman–Crippen LogP) is 3.10. The number of thioether (sulfide) groups is 1. The highest BCUT2D eigenvalue weighted by Crippen LogP contribution is 2.27. The molecular formula is C8H11ClN2S2. The van der Waals surface area contributed by atoms with Crippen LogP contribution in [0.5, 0.6) is 0 Å². The van der Waals surface area contributed by atoms with E-state index in [1.807, 2.05) is 17.1 Å². The maximum absolute atomic E-state index is 5.71. The Morgan fingerprint density at radius 2 is 2.62 bits per heavy atom. The molecule has 0 amide bonds. The van der Waals surface area contributed by atoms with Crippen LogP contribution in [-0.2, 0) is 0 Å². The van der Waals surface area contributed by atoms with Gasteiger partial charge in [-0.3, -0.25) is 0 Å². The molecule has 2 heterocycles. The molecule has 0 bridgehead atoms. The van der Waals surface area contributed by atoms with Gasteiger partial charge in [-0.2, -0.15) is 11.8 Å². The molecule has 5 heteroatoms. The molecule has 1 aromatic rings. The standard InChI is InChI=1S/C8H11ClN2S2/c9-7-5-13-8(11-7)10-4-6-2-1-3-12-6/h5-6H,1-4H2,(H,10,11). The minimum Gasteiger partial charge on any atom is -0.360 e. The minimum atomic E-state index is 0.589. The van der Waals surface area contributed by atoms with Crippen LogP contribution in [0.3, 0.4) is 0 Å². The molecule has 1 aliphatic rings. The summed E-state index contributed by atoms with van der Waals surface area (Å²) in [6, 6.07) is 0. The van der Waals surface area contributed by atoms with Crippen molar-refractivity contribution in [2.75, 3.05) is 17.6 Å². The Balaban J connectivity index is 1.78. The van der Waals surface area contributed by atoms with Crippen LogP contribution in [0.25, 0.3) is 0 Å². The number of thiazole rings is 1. The van der Waals surface area contributed by atoms with E-state index in [1.54, 1.807) is 11.3 Å². The van der Waals surface area contributed by atoms with Gasteiger partial charge in [-0.1, -0.05) is 11.6 Å². The van der Waals surface area contributed by atoms with Gasteiger partial charge < -0.3 is 5.32 Å². The van der Waals surface area contributed by atoms with Crippen LogP contribution in [-0.4, -0.2) is 22.5 Å². The molecule has 13 heavy (non-hydrogen) atoms. The molecule has 0 aromatic carbocycles. The summed E-state index contributed by atoms with van der Waals surface area (Å²) in [5.74, 6) is 1.31. The zero-order valence-corrected chi connectivity index (χ0v) is 9.51. The summed E-state index contributed by atoms with van der Waals surface area (Å²) < 4.78 is 0. The molecule has 2 nitrogen and oxygen atoms in total. The van der Waals surface area contributed by atoms with Gasteiger partial charge in [-0.25, -0.2) is 4.98 Å². The summed E-state index contributed by atoms with van der Waals surface area (Å²) in [4.78, 5) is 4.14. The SMILES string of the molecule is Clc1csc(NCC2CCCS2)n1. The number of aromatic nitrogens is 1. The van der Waals surface area contributed by atoms with Crippen molar-refractivity contribution in [1.82, 2.24) is 4.98 Å². The lowest BCUT2D eigenvalue weighted by Gasteiger charge is -2.07. The molecule has 1 unspecified atom stereocenters. The highest BCUT2D eigenvalue weighted by Gasteiger charge is 2.15. The molecule has 1 aliphatic heterocycles. The van der Waals surface area contributed by atoms with E-state index in [0.29, 0.717) is 5.15 Å². The van der Waals surface area contributed by atoms with Gasteiger partial charge >= 0.3 is 0 Å². The highest BCUT2D eigenvalue weighted by molar-refractivity contribution is 8.00. The highest BCUT2D eigenvalue weighted by atomic mass is 35.5. The molecule has 0 saturated carbocycles. The second-order valence-corrected chi connectivity index (χ2v) is 5.64. The van der Waals surface area contributed by atoms with Gasteiger partial charge in [0.2, 0.25) is 0 Å². The Morgan fingerprint density at radius 3 is 3.23 bits per heavy atom. The van der Waals surface area contributed by atoms with Gasteiger partial charge in [-0.05, 0) is 18.6 Å². The second-order valence-electron chi connectivity index (χ2n) is 2.99. The monoisotopic (exact) mass is 234 g/mol. The molecular weight excluding hydrogens is 224 g/mol. The zero-order valence-electron chi connectivity index (χ0n) is 7.12. The molecule has 0 radical (unpaired) electrons. The van der Waals surface area contributed by atoms with Gasteiger partial charge in [0.05, 0.1) is 0 Å². The van der Waals surface area contributed by atoms with E-state index in [-0.39, 0.29) is 0 Å². The largest absolute Gasteiger partial charge is 0.360 e. The first-order valence-corrected chi connectivity index (χ1v) is 6.62. The molecule has 1 fully saturated rings. The van der Waals surface area contributed by atoms with Crippen molar-refractivity contribution in [3.8, 4) is 0 Å². The van der Waals surface area contributed by atoms with Crippen LogP contribution in [0.2, 0.25) is 5.15 Å². The van der Waals surface area contributed by atoms with Crippen molar-refractivity contribution >= 4 is 39.8 Å². The van der Waals surface area contributed by atoms with E-state index in [4.69, 9.17) is 11.6 Å². The number of rotatable bonds is 3. The average Bonchev–Trinajstić information content (AvgIpc) is 2.71. The maximum atomic E-state index is 5.71. The van der Waals surface area contributed by atoms with Crippen LogP contribution in [0, 0.1) is 0 Å². The fourth-order valence-electron chi connectivity index (χ4n) is 1.34. The van der Waals surface area contributed by atoms with Crippen molar-refractivity contribution in [3.63, 3.8) is 0 Å². The molecule has 1 saturated heterocycles. The number of halogens is 1. The van der Waals surface area contributed by atoms with Crippen LogP contribution in [0.15, 0.2) is 5.38 Å². The average molecular weight is 235 g/mol. The van der Waals surface area contributed by atoms with Crippen LogP contribution < -0.4 is 5.32 Å². The van der Waals surface area contributed by atoms with Crippen LogP contribution in [0.4, 0.5) is 5.13 Å². The fourth-order valence-corrected chi connectivity index (χ4v) is 3.39. The van der Waals surface area contributed by atoms with Crippen LogP contribution in [0.1, 0.15) is 12.8 Å². The Bertz CT molecular complexity index is 271. The van der Waals surface area contributed by atoms with Gasteiger partial charge in [0, 0.05) is 17.2 Å². The van der Waals surface area contributed by atoms with E-state index >= 15 is 0 Å². The minimum absolute atomic E-state index is 0.589. The number of nitrogens with one attached hydrogen (secondary N) is 1. The third kappa shape index (κ3) is 2.76. The summed E-state index contributed by atoms with van der Waals surface area (Å²) in [7, 11) is 0. The molecule has 1 N–H and O–H groups in total. The Labute approximate surface area is 91.1 Å². The smallest absolute Gasteiger partial charge is 0.184 e. The second kappa shape index (κ2) is 4.53. The molecule has 1 atom stereocenters. The molecule has 0 aliphatic carbocycles. The first-order valence-electron chi connectivity index (χ1n) is 4.31. The first kappa shape index (κ1) is 9.62. The van der Waals surface area contributed by atoms with Crippen molar-refractivity contribution in [3.05, 3.63) is 10.5 Å². The van der Waals surface area contributed by atoms with E-state index < -0.39 is 0 Å². The Kier molecular flexibility index (Phi) is 3.35. The summed E-state index contributed by atoms with van der Waals surface area (Å²) in [6.07, 6.45) is 2.69. The lowest BCUT2D eigenvalue weighted by atomic mass is 10.2. The van der Waals surface area contributed by atoms with E-state index in [0.717, 1.165) is 16.9 Å². The number of hydrogen-bond acceptors (Lipinski definition) is 4. The van der Waals surface area contributed by atoms with Crippen molar-refractivity contribution < 1.29 is 0 Å². The van der Waals surface area contributed by atoms with Crippen molar-refractivity contribution in [2.24, 2.45) is 0 Å². The Morgan fingerprint density at radius 1 is 1.69 bits per heavy atom. The summed E-state index contributed by atoms with van der Waals surface area (Å²) in [6.45, 7) is 1.02. The predicted molar refractivity (Wildman–Crippen MR) is 61.1 cm³/mol. The molecule has 1 aromatic heterocycles. The Hall–Kier alpha value is 0.0700. The molecule has 0 spiro atoms. The molecule has 2 rings (SSSR count). The third-order valence-electron chi connectivity index (χ3n) is 1.98. The topological polar surface area (TPSA) is 24.9 Å². The van der Waals surface area contributed by atoms with Gasteiger partial charge in [0.1, 0.15) is 5.15 Å². The maximum Gasteiger partial charge on any atom is 0.184 e. The fraction of sp³-hybridized carbons (Fsp3) is 0.625. The van der Waals surface area contributed by atoms with Crippen molar-refractivity contribution in [2.45, 2.75) is 18.1 Å². The van der Waals surface area contributed by atoms with E-state index in [2.05, 4.69) is 10.3 Å². The van der Waals surface area contributed by atoms with Crippen molar-refractivity contribution in [1.29, 1.82) is 0 Å². The van der Waals surface area contributed by atoms with Gasteiger partial charge in [0.15, 0.2) is 5.13 Å². The molecule has 72 valence electrons. The summed E-state index contributed by atoms with van der Waals surface area (Å²) in [5.41, 5.74) is 0. The number of nitrogens with zero attached hydrogens (tertiary/aromatic N) is 1. The quantitative estimate of drug-likeness (QED) is 0.870. The normalized spacial score (nSPS) is 22.1. The van der Waals surface area contributed by atoms with Gasteiger partial charge in [-0.15, -0.1) is 11.3 Å². The van der Waals surface area contributed by atoms with Crippen LogP contribution >= 0.6 is 34.7 Å². The van der Waals surface area contributed by atoms with E-state index in [1.165, 1.54) is 18.6 Å². The zero-order chi connectivity index (χ0) is 9.10.